The second kappa shape index (κ2) is 9.69. The summed E-state index contributed by atoms with van der Waals surface area (Å²) in [7, 11) is -3.34. The van der Waals surface area contributed by atoms with Gasteiger partial charge in [-0.15, -0.1) is 0 Å². The summed E-state index contributed by atoms with van der Waals surface area (Å²) in [4.78, 5) is 12.5. The fourth-order valence-electron chi connectivity index (χ4n) is 3.55. The molecule has 1 amide bonds. The highest BCUT2D eigenvalue weighted by molar-refractivity contribution is 7.91. The van der Waals surface area contributed by atoms with Crippen LogP contribution in [-0.2, 0) is 26.5 Å². The van der Waals surface area contributed by atoms with E-state index in [-0.39, 0.29) is 33.9 Å². The molecule has 3 rings (SSSR count). The number of hydrogen-bond donors (Lipinski definition) is 1. The molecule has 0 heterocycles. The third-order valence-electron chi connectivity index (χ3n) is 5.43. The predicted octanol–water partition coefficient (Wildman–Crippen LogP) is 5.03. The van der Waals surface area contributed by atoms with E-state index in [1.165, 1.54) is 85.8 Å². The van der Waals surface area contributed by atoms with Crippen molar-refractivity contribution < 1.29 is 26.4 Å². The first-order valence-electron chi connectivity index (χ1n) is 10.3. The van der Waals surface area contributed by atoms with Crippen LogP contribution in [0.3, 0.4) is 0 Å². The van der Waals surface area contributed by atoms with Gasteiger partial charge in [0.15, 0.2) is 9.84 Å². The number of alkyl halides is 3. The Morgan fingerprint density at radius 3 is 1.97 bits per heavy atom. The highest BCUT2D eigenvalue weighted by Gasteiger charge is 2.58. The van der Waals surface area contributed by atoms with Gasteiger partial charge in [-0.1, -0.05) is 61.5 Å². The molecule has 0 saturated carbocycles. The number of halogens is 3. The maximum Gasteiger partial charge on any atom is 0.415 e. The van der Waals surface area contributed by atoms with Crippen LogP contribution in [0.4, 0.5) is 18.9 Å². The zero-order valence-electron chi connectivity index (χ0n) is 18.1. The van der Waals surface area contributed by atoms with Crippen molar-refractivity contribution in [3.05, 3.63) is 95.6 Å². The summed E-state index contributed by atoms with van der Waals surface area (Å²) in [6.45, 7) is 1.54. The Labute approximate surface area is 195 Å². The van der Waals surface area contributed by atoms with E-state index in [9.17, 15) is 31.6 Å². The Kier molecular flexibility index (Phi) is 7.12. The monoisotopic (exact) mass is 486 g/mol. The third-order valence-corrected chi connectivity index (χ3v) is 7.18. The highest BCUT2D eigenvalue weighted by atomic mass is 32.2. The highest BCUT2D eigenvalue weighted by Crippen LogP contribution is 2.46. The maximum atomic E-state index is 14.1. The van der Waals surface area contributed by atoms with Crippen LogP contribution in [0.15, 0.2) is 83.8 Å². The van der Waals surface area contributed by atoms with Gasteiger partial charge >= 0.3 is 6.18 Å². The number of anilines is 1. The molecule has 0 aromatic heterocycles. The maximum absolute atomic E-state index is 14.1. The number of nitrogens with zero attached hydrogens (tertiary/aromatic N) is 1. The number of amides is 1. The molecular formula is C25H21F3N2O3S. The Hall–Kier alpha value is -3.64. The second-order valence-corrected chi connectivity index (χ2v) is 9.85. The number of carbonyl (C=O) groups is 1. The fraction of sp³-hybridized carbons (Fsp3) is 0.200. The molecule has 0 fully saturated rings. The molecule has 5 nitrogen and oxygen atoms in total. The van der Waals surface area contributed by atoms with E-state index in [4.69, 9.17) is 0 Å². The van der Waals surface area contributed by atoms with Gasteiger partial charge in [0.25, 0.3) is 0 Å². The summed E-state index contributed by atoms with van der Waals surface area (Å²) in [6, 6.07) is 19.3. The lowest BCUT2D eigenvalue weighted by Gasteiger charge is -2.30. The molecule has 9 heteroatoms. The molecule has 0 aliphatic carbocycles. The van der Waals surface area contributed by atoms with Gasteiger partial charge in [0, 0.05) is 5.69 Å². The number of nitriles is 1. The number of sulfone groups is 1. The largest absolute Gasteiger partial charge is 0.415 e. The quantitative estimate of drug-likeness (QED) is 0.507. The van der Waals surface area contributed by atoms with Crippen LogP contribution < -0.4 is 5.32 Å². The van der Waals surface area contributed by atoms with Gasteiger partial charge in [-0.3, -0.25) is 4.79 Å². The summed E-state index contributed by atoms with van der Waals surface area (Å²) in [5.41, 5.74) is -2.47. The van der Waals surface area contributed by atoms with E-state index in [1.54, 1.807) is 6.07 Å². The first-order valence-corrected chi connectivity index (χ1v) is 11.9. The van der Waals surface area contributed by atoms with Crippen LogP contribution in [0.5, 0.6) is 0 Å². The van der Waals surface area contributed by atoms with Crippen molar-refractivity contribution in [2.75, 3.05) is 11.1 Å². The van der Waals surface area contributed by atoms with Crippen molar-refractivity contribution in [2.24, 2.45) is 0 Å². The molecule has 1 N–H and O–H groups in total. The molecule has 3 aromatic carbocycles. The van der Waals surface area contributed by atoms with E-state index in [2.05, 4.69) is 5.32 Å². The van der Waals surface area contributed by atoms with E-state index < -0.39 is 27.3 Å². The lowest BCUT2D eigenvalue weighted by Crippen LogP contribution is -2.42. The molecule has 176 valence electrons. The molecule has 0 aliphatic heterocycles. The summed E-state index contributed by atoms with van der Waals surface area (Å²) in [5.74, 6) is -0.460. The minimum Gasteiger partial charge on any atom is -0.326 e. The van der Waals surface area contributed by atoms with Crippen LogP contribution in [0.2, 0.25) is 0 Å². The zero-order valence-corrected chi connectivity index (χ0v) is 19.0. The van der Waals surface area contributed by atoms with Crippen LogP contribution in [0.1, 0.15) is 23.6 Å². The van der Waals surface area contributed by atoms with E-state index in [1.807, 2.05) is 0 Å². The molecule has 34 heavy (non-hydrogen) atoms. The minimum absolute atomic E-state index is 0.0332. The number of hydrogen-bond acceptors (Lipinski definition) is 4. The van der Waals surface area contributed by atoms with E-state index in [0.717, 1.165) is 0 Å². The number of rotatable bonds is 7. The van der Waals surface area contributed by atoms with Gasteiger partial charge in [-0.25, -0.2) is 8.42 Å². The Balaban J connectivity index is 1.79. The summed E-state index contributed by atoms with van der Waals surface area (Å²) < 4.78 is 66.0. The average Bonchev–Trinajstić information content (AvgIpc) is 2.81. The van der Waals surface area contributed by atoms with Crippen molar-refractivity contribution in [3.8, 4) is 6.07 Å². The van der Waals surface area contributed by atoms with Gasteiger partial charge in [0.05, 0.1) is 23.1 Å². The molecule has 1 atom stereocenters. The molecule has 0 aliphatic rings. The lowest BCUT2D eigenvalue weighted by atomic mass is 9.75. The molecule has 0 bridgehead atoms. The molecule has 0 radical (unpaired) electrons. The summed E-state index contributed by atoms with van der Waals surface area (Å²) >= 11 is 0. The van der Waals surface area contributed by atoms with Crippen molar-refractivity contribution >= 4 is 21.4 Å². The third kappa shape index (κ3) is 4.97. The summed E-state index contributed by atoms with van der Waals surface area (Å²) in [6.07, 6.45) is -4.92. The van der Waals surface area contributed by atoms with Gasteiger partial charge in [-0.05, 0) is 41.0 Å². The lowest BCUT2D eigenvalue weighted by molar-refractivity contribution is -0.162. The van der Waals surface area contributed by atoms with Crippen LogP contribution in [-0.4, -0.2) is 26.3 Å². The molecule has 1 unspecified atom stereocenters. The average molecular weight is 487 g/mol. The van der Waals surface area contributed by atoms with Crippen LogP contribution in [0, 0.1) is 11.3 Å². The Bertz CT molecular complexity index is 1300. The van der Waals surface area contributed by atoms with Gasteiger partial charge in [0.2, 0.25) is 11.3 Å². The molecule has 0 saturated heterocycles. The Morgan fingerprint density at radius 2 is 1.47 bits per heavy atom. The van der Waals surface area contributed by atoms with Crippen molar-refractivity contribution in [2.45, 2.75) is 29.8 Å². The predicted molar refractivity (Wildman–Crippen MR) is 122 cm³/mol. The SMILES string of the molecule is CCS(=O)(=O)c1ccc(CC(=O)Nc2ccc(C(C#N)(c3ccccc3)C(F)(F)F)cc2)cc1. The van der Waals surface area contributed by atoms with E-state index >= 15 is 0 Å². The topological polar surface area (TPSA) is 87.0 Å². The molecule has 0 spiro atoms. The summed E-state index contributed by atoms with van der Waals surface area (Å²) in [5, 5.41) is 12.2. The van der Waals surface area contributed by atoms with Crippen LogP contribution in [0.25, 0.3) is 0 Å². The smallest absolute Gasteiger partial charge is 0.326 e. The van der Waals surface area contributed by atoms with E-state index in [0.29, 0.717) is 5.56 Å². The van der Waals surface area contributed by atoms with Gasteiger partial charge in [0.1, 0.15) is 0 Å². The molecular weight excluding hydrogens is 465 g/mol. The van der Waals surface area contributed by atoms with Crippen molar-refractivity contribution in [1.82, 2.24) is 0 Å². The number of benzene rings is 3. The normalized spacial score (nSPS) is 13.5. The fourth-order valence-corrected chi connectivity index (χ4v) is 4.43. The van der Waals surface area contributed by atoms with Gasteiger partial charge < -0.3 is 5.32 Å². The molecule has 3 aromatic rings. The number of carbonyl (C=O) groups excluding carboxylic acids is 1. The first-order chi connectivity index (χ1) is 16.0. The van der Waals surface area contributed by atoms with Crippen molar-refractivity contribution in [1.29, 1.82) is 5.26 Å². The number of nitrogens with one attached hydrogen (secondary N) is 1. The standard InChI is InChI=1S/C25H21F3N2O3S/c1-2-34(32,33)22-14-8-18(9-15-22)16-23(31)30-21-12-10-20(11-13-21)24(17-29,25(26,27)28)19-6-4-3-5-7-19/h3-15H,2,16H2,1H3,(H,30,31). The van der Waals surface area contributed by atoms with Crippen LogP contribution >= 0.6 is 0 Å². The van der Waals surface area contributed by atoms with Crippen molar-refractivity contribution in [3.63, 3.8) is 0 Å². The zero-order chi connectivity index (χ0) is 25.0. The Morgan fingerprint density at radius 1 is 0.912 bits per heavy atom. The minimum atomic E-state index is -4.87. The van der Waals surface area contributed by atoms with Gasteiger partial charge in [-0.2, -0.15) is 18.4 Å². The second-order valence-electron chi connectivity index (χ2n) is 7.58. The first kappa shape index (κ1) is 25.0.